The highest BCUT2D eigenvalue weighted by Crippen LogP contribution is 2.35. The first-order chi connectivity index (χ1) is 15.7. The number of hydrogen-bond acceptors (Lipinski definition) is 3. The molecule has 2 aliphatic heterocycles. The second kappa shape index (κ2) is 8.95. The van der Waals surface area contributed by atoms with E-state index in [-0.39, 0.29) is 24.2 Å². The highest BCUT2D eigenvalue weighted by Gasteiger charge is 2.35. The zero-order valence-electron chi connectivity index (χ0n) is 18.0. The van der Waals surface area contributed by atoms with Crippen molar-refractivity contribution in [1.82, 2.24) is 9.88 Å². The van der Waals surface area contributed by atoms with Gasteiger partial charge < -0.3 is 10.2 Å². The molecule has 162 valence electrons. The summed E-state index contributed by atoms with van der Waals surface area (Å²) in [6.45, 7) is 1.41. The van der Waals surface area contributed by atoms with E-state index in [1.54, 1.807) is 0 Å². The lowest BCUT2D eigenvalue weighted by molar-refractivity contribution is -0.135. The molecule has 1 unspecified atom stereocenters. The summed E-state index contributed by atoms with van der Waals surface area (Å²) >= 11 is 0. The van der Waals surface area contributed by atoms with E-state index in [4.69, 9.17) is 4.98 Å². The van der Waals surface area contributed by atoms with Gasteiger partial charge in [-0.15, -0.1) is 0 Å². The van der Waals surface area contributed by atoms with Gasteiger partial charge in [-0.25, -0.2) is 0 Å². The first kappa shape index (κ1) is 20.4. The molecular weight excluding hydrogens is 398 g/mol. The average molecular weight is 426 g/mol. The van der Waals surface area contributed by atoms with Crippen molar-refractivity contribution >= 4 is 17.5 Å². The number of aromatic nitrogens is 1. The van der Waals surface area contributed by atoms with Crippen molar-refractivity contribution in [2.45, 2.75) is 37.5 Å². The number of carbonyl (C=O) groups excluding carboxylic acids is 2. The summed E-state index contributed by atoms with van der Waals surface area (Å²) in [7, 11) is 0. The Hall–Kier alpha value is -3.47. The number of benzene rings is 2. The summed E-state index contributed by atoms with van der Waals surface area (Å²) < 4.78 is 0. The Bertz CT molecular complexity index is 1100. The van der Waals surface area contributed by atoms with Crippen molar-refractivity contribution in [3.05, 3.63) is 95.3 Å². The number of rotatable bonds is 4. The highest BCUT2D eigenvalue weighted by molar-refractivity contribution is 6.01. The average Bonchev–Trinajstić information content (AvgIpc) is 2.84. The highest BCUT2D eigenvalue weighted by atomic mass is 16.2. The lowest BCUT2D eigenvalue weighted by Crippen LogP contribution is -2.42. The standard InChI is InChI=1S/C27H27N3O2/c31-26-17-23(22-8-4-5-9-25(22)29-26)27(32)30-14-12-21(13-15-30)24-11-10-20(18-28-24)16-19-6-2-1-3-7-19/h1-11,18,21,23H,12-17H2,(H,29,31). The molecule has 3 heterocycles. The van der Waals surface area contributed by atoms with E-state index in [1.165, 1.54) is 11.1 Å². The van der Waals surface area contributed by atoms with Crippen molar-refractivity contribution in [2.75, 3.05) is 18.4 Å². The molecule has 3 aromatic rings. The molecule has 5 nitrogen and oxygen atoms in total. The van der Waals surface area contributed by atoms with Crippen LogP contribution in [0.25, 0.3) is 0 Å². The topological polar surface area (TPSA) is 62.3 Å². The van der Waals surface area contributed by atoms with Crippen molar-refractivity contribution in [3.63, 3.8) is 0 Å². The number of carbonyl (C=O) groups is 2. The van der Waals surface area contributed by atoms with Crippen LogP contribution in [0.1, 0.15) is 53.5 Å². The molecule has 5 rings (SSSR count). The fourth-order valence-corrected chi connectivity index (χ4v) is 4.86. The summed E-state index contributed by atoms with van der Waals surface area (Å²) in [5.74, 6) is -0.0349. The third kappa shape index (κ3) is 4.28. The maximum Gasteiger partial charge on any atom is 0.230 e. The quantitative estimate of drug-likeness (QED) is 0.669. The van der Waals surface area contributed by atoms with Crippen LogP contribution in [-0.2, 0) is 16.0 Å². The van der Waals surface area contributed by atoms with Gasteiger partial charge in [0.05, 0.1) is 5.92 Å². The molecule has 0 radical (unpaired) electrons. The Morgan fingerprint density at radius 1 is 0.938 bits per heavy atom. The van der Waals surface area contributed by atoms with Crippen LogP contribution in [0.3, 0.4) is 0 Å². The third-order valence-corrected chi connectivity index (χ3v) is 6.62. The Kier molecular flexibility index (Phi) is 5.71. The monoisotopic (exact) mass is 425 g/mol. The Morgan fingerprint density at radius 2 is 1.69 bits per heavy atom. The van der Waals surface area contributed by atoms with E-state index in [9.17, 15) is 9.59 Å². The van der Waals surface area contributed by atoms with Gasteiger partial charge in [-0.2, -0.15) is 0 Å². The third-order valence-electron chi connectivity index (χ3n) is 6.62. The molecule has 0 bridgehead atoms. The number of anilines is 1. The molecule has 2 aromatic carbocycles. The molecule has 0 aliphatic carbocycles. The molecule has 1 N–H and O–H groups in total. The van der Waals surface area contributed by atoms with Gasteiger partial charge in [0.2, 0.25) is 11.8 Å². The number of likely N-dealkylation sites (tertiary alicyclic amines) is 1. The van der Waals surface area contributed by atoms with Gasteiger partial charge in [0, 0.05) is 43.0 Å². The first-order valence-corrected chi connectivity index (χ1v) is 11.3. The molecule has 1 aromatic heterocycles. The van der Waals surface area contributed by atoms with Crippen LogP contribution in [0.2, 0.25) is 0 Å². The molecular formula is C27H27N3O2. The maximum absolute atomic E-state index is 13.3. The molecule has 0 spiro atoms. The summed E-state index contributed by atoms with van der Waals surface area (Å²) in [6, 6.07) is 22.4. The van der Waals surface area contributed by atoms with Crippen molar-refractivity contribution in [3.8, 4) is 0 Å². The normalized spacial score (nSPS) is 18.7. The smallest absolute Gasteiger partial charge is 0.230 e. The lowest BCUT2D eigenvalue weighted by Gasteiger charge is -2.35. The lowest BCUT2D eigenvalue weighted by atomic mass is 9.87. The summed E-state index contributed by atoms with van der Waals surface area (Å²) in [6.07, 6.45) is 4.89. The Morgan fingerprint density at radius 3 is 2.44 bits per heavy atom. The van der Waals surface area contributed by atoms with Gasteiger partial charge >= 0.3 is 0 Å². The minimum Gasteiger partial charge on any atom is -0.342 e. The zero-order valence-corrected chi connectivity index (χ0v) is 18.0. The van der Waals surface area contributed by atoms with Crippen LogP contribution in [0.15, 0.2) is 72.9 Å². The number of nitrogens with one attached hydrogen (secondary N) is 1. The molecule has 2 aliphatic rings. The van der Waals surface area contributed by atoms with E-state index in [0.717, 1.165) is 36.2 Å². The van der Waals surface area contributed by atoms with Gasteiger partial charge in [-0.05, 0) is 48.1 Å². The van der Waals surface area contributed by atoms with Gasteiger partial charge in [0.1, 0.15) is 0 Å². The van der Waals surface area contributed by atoms with E-state index < -0.39 is 0 Å². The minimum absolute atomic E-state index is 0.0666. The molecule has 2 amide bonds. The fourth-order valence-electron chi connectivity index (χ4n) is 4.86. The summed E-state index contributed by atoms with van der Waals surface area (Å²) in [4.78, 5) is 32.0. The number of fused-ring (bicyclic) bond motifs is 1. The Balaban J connectivity index is 1.21. The summed E-state index contributed by atoms with van der Waals surface area (Å²) in [5, 5.41) is 2.88. The van der Waals surface area contributed by atoms with Crippen LogP contribution in [0.5, 0.6) is 0 Å². The molecule has 1 saturated heterocycles. The van der Waals surface area contributed by atoms with Crippen LogP contribution >= 0.6 is 0 Å². The second-order valence-corrected chi connectivity index (χ2v) is 8.75. The minimum atomic E-state index is -0.383. The number of para-hydroxylation sites is 1. The zero-order chi connectivity index (χ0) is 21.9. The van der Waals surface area contributed by atoms with E-state index in [2.05, 4.69) is 41.7 Å². The van der Waals surface area contributed by atoms with Crippen molar-refractivity contribution in [1.29, 1.82) is 0 Å². The number of piperidine rings is 1. The number of nitrogens with zero attached hydrogens (tertiary/aromatic N) is 2. The van der Waals surface area contributed by atoms with Gasteiger partial charge in [0.15, 0.2) is 0 Å². The van der Waals surface area contributed by atoms with Crippen LogP contribution < -0.4 is 5.32 Å². The number of hydrogen-bond donors (Lipinski definition) is 1. The first-order valence-electron chi connectivity index (χ1n) is 11.3. The van der Waals surface area contributed by atoms with Gasteiger partial charge in [-0.1, -0.05) is 54.6 Å². The van der Waals surface area contributed by atoms with Crippen LogP contribution in [0.4, 0.5) is 5.69 Å². The van der Waals surface area contributed by atoms with Gasteiger partial charge in [0.25, 0.3) is 0 Å². The SMILES string of the molecule is O=C1CC(C(=O)N2CCC(c3ccc(Cc4ccccc4)cn3)CC2)c2ccccc2N1. The van der Waals surface area contributed by atoms with Crippen LogP contribution in [-0.4, -0.2) is 34.8 Å². The van der Waals surface area contributed by atoms with E-state index in [0.29, 0.717) is 19.0 Å². The number of amides is 2. The van der Waals surface area contributed by atoms with Crippen molar-refractivity contribution in [2.24, 2.45) is 0 Å². The predicted molar refractivity (Wildman–Crippen MR) is 124 cm³/mol. The maximum atomic E-state index is 13.3. The molecule has 5 heteroatoms. The largest absolute Gasteiger partial charge is 0.342 e. The molecule has 1 fully saturated rings. The van der Waals surface area contributed by atoms with Crippen molar-refractivity contribution < 1.29 is 9.59 Å². The molecule has 0 saturated carbocycles. The Labute approximate surface area is 188 Å². The van der Waals surface area contributed by atoms with Crippen LogP contribution in [0, 0.1) is 0 Å². The second-order valence-electron chi connectivity index (χ2n) is 8.75. The van der Waals surface area contributed by atoms with E-state index >= 15 is 0 Å². The van der Waals surface area contributed by atoms with E-state index in [1.807, 2.05) is 41.4 Å². The molecule has 32 heavy (non-hydrogen) atoms. The predicted octanol–water partition coefficient (Wildman–Crippen LogP) is 4.50. The molecule has 1 atom stereocenters. The summed E-state index contributed by atoms with van der Waals surface area (Å²) in [5.41, 5.74) is 5.29. The van der Waals surface area contributed by atoms with Gasteiger partial charge in [-0.3, -0.25) is 14.6 Å². The number of pyridine rings is 1. The fraction of sp³-hybridized carbons (Fsp3) is 0.296.